The molecule has 2 N–H and O–H groups in total. The van der Waals surface area contributed by atoms with Gasteiger partial charge in [-0.15, -0.1) is 0 Å². The van der Waals surface area contributed by atoms with Crippen LogP contribution in [0.5, 0.6) is 0 Å². The Balaban J connectivity index is 0.00000408. The summed E-state index contributed by atoms with van der Waals surface area (Å²) in [5.41, 5.74) is 6.21. The molecule has 36 heavy (non-hydrogen) atoms. The molecule has 11 heteroatoms. The summed E-state index contributed by atoms with van der Waals surface area (Å²) >= 11 is 5.96. The van der Waals surface area contributed by atoms with Crippen molar-refractivity contribution in [2.75, 3.05) is 13.2 Å². The van der Waals surface area contributed by atoms with Gasteiger partial charge in [0, 0.05) is 31.3 Å². The minimum absolute atomic E-state index is 0. The summed E-state index contributed by atoms with van der Waals surface area (Å²) in [7, 11) is -5.40. The second-order valence-corrected chi connectivity index (χ2v) is 18.4. The van der Waals surface area contributed by atoms with Crippen molar-refractivity contribution in [2.45, 2.75) is 68.1 Å². The van der Waals surface area contributed by atoms with E-state index in [4.69, 9.17) is 22.1 Å². The van der Waals surface area contributed by atoms with Crippen LogP contribution in [-0.2, 0) is 19.3 Å². The first kappa shape index (κ1) is 35.4. The summed E-state index contributed by atoms with van der Waals surface area (Å²) in [5.74, 6) is -1.75. The first-order valence-corrected chi connectivity index (χ1v) is 16.7. The molecular formula is C25H40ClF2NO3S3Si. The minimum Gasteiger partial charge on any atom is -0.381 e. The van der Waals surface area contributed by atoms with Crippen LogP contribution in [0.15, 0.2) is 47.4 Å². The van der Waals surface area contributed by atoms with Crippen LogP contribution in [0.2, 0.25) is 30.7 Å². The van der Waals surface area contributed by atoms with Gasteiger partial charge in [-0.25, -0.2) is 17.2 Å². The van der Waals surface area contributed by atoms with Gasteiger partial charge in [-0.3, -0.25) is 0 Å². The van der Waals surface area contributed by atoms with Crippen molar-refractivity contribution in [1.29, 1.82) is 0 Å². The van der Waals surface area contributed by atoms with E-state index in [1.54, 1.807) is 0 Å². The van der Waals surface area contributed by atoms with Crippen molar-refractivity contribution in [1.82, 2.24) is 0 Å². The van der Waals surface area contributed by atoms with Crippen molar-refractivity contribution in [3.8, 4) is 0 Å². The Kier molecular flexibility index (Phi) is 13.7. The molecule has 0 spiro atoms. The molecule has 3 atom stereocenters. The molecule has 1 fully saturated rings. The van der Waals surface area contributed by atoms with Crippen molar-refractivity contribution in [3.63, 3.8) is 0 Å². The molecule has 1 saturated carbocycles. The van der Waals surface area contributed by atoms with Gasteiger partial charge < -0.3 is 10.5 Å². The smallest absolute Gasteiger partial charge is 0.188 e. The molecule has 1 aliphatic carbocycles. The molecule has 0 amide bonds. The van der Waals surface area contributed by atoms with Gasteiger partial charge in [0.2, 0.25) is 0 Å². The lowest BCUT2D eigenvalue weighted by Gasteiger charge is -2.43. The molecule has 0 saturated heterocycles. The molecule has 206 valence electrons. The van der Waals surface area contributed by atoms with Crippen molar-refractivity contribution < 1.29 is 21.9 Å². The predicted octanol–water partition coefficient (Wildman–Crippen LogP) is 6.63. The summed E-state index contributed by atoms with van der Waals surface area (Å²) in [6.07, 6.45) is 0.488. The number of rotatable bonds is 8. The molecule has 2 aromatic carbocycles. The molecule has 0 aliphatic heterocycles. The zero-order valence-electron chi connectivity index (χ0n) is 20.3. The summed E-state index contributed by atoms with van der Waals surface area (Å²) < 4.78 is 61.5. The van der Waals surface area contributed by atoms with E-state index in [1.165, 1.54) is 24.3 Å². The first-order valence-electron chi connectivity index (χ1n) is 11.1. The Labute approximate surface area is 235 Å². The third-order valence-electron chi connectivity index (χ3n) is 6.46. The van der Waals surface area contributed by atoms with Crippen LogP contribution < -0.4 is 5.73 Å². The molecule has 3 rings (SSSR count). The number of hydrogen-bond acceptors (Lipinski definition) is 4. The Morgan fingerprint density at radius 2 is 1.72 bits per heavy atom. The molecule has 0 heterocycles. The second kappa shape index (κ2) is 14.0. The zero-order chi connectivity index (χ0) is 24.4. The minimum atomic E-state index is -4.11. The van der Waals surface area contributed by atoms with Crippen molar-refractivity contribution >= 4 is 56.5 Å². The Bertz CT molecular complexity index is 1080. The Hall–Kier alpha value is -0.623. The molecule has 0 radical (unpaired) electrons. The van der Waals surface area contributed by atoms with Crippen molar-refractivity contribution in [3.05, 3.63) is 64.7 Å². The average molecular weight is 600 g/mol. The number of sulfone groups is 1. The standard InChI is InChI=1S/C24H32ClF2NO3SSi.CH4.2H2S/c1-33(2,3)13-12-31-16-17-15-24(11-10-23(17)28,21-14-19(26)6-9-22(21)27)32(29,30)20-7-4-18(25)5-8-20;;;/h4-9,14,17,23H,10-13,15-16,28H2,1-3H3;1H4;2*1H2/t17-,23-,24+;;;/m1.../s1. The maximum absolute atomic E-state index is 15.1. The second-order valence-electron chi connectivity index (χ2n) is 10.1. The Morgan fingerprint density at radius 3 is 2.31 bits per heavy atom. The lowest BCUT2D eigenvalue weighted by molar-refractivity contribution is 0.0753. The van der Waals surface area contributed by atoms with Crippen LogP contribution in [0.3, 0.4) is 0 Å². The van der Waals surface area contributed by atoms with E-state index >= 15 is 4.39 Å². The summed E-state index contributed by atoms with van der Waals surface area (Å²) in [5, 5.41) is 0.388. The lowest BCUT2D eigenvalue weighted by Crippen LogP contribution is -2.49. The Morgan fingerprint density at radius 1 is 1.11 bits per heavy atom. The van der Waals surface area contributed by atoms with Gasteiger partial charge in [0.1, 0.15) is 16.4 Å². The van der Waals surface area contributed by atoms with Gasteiger partial charge in [0.25, 0.3) is 0 Å². The van der Waals surface area contributed by atoms with Gasteiger partial charge in [0.05, 0.1) is 11.5 Å². The highest BCUT2D eigenvalue weighted by Gasteiger charge is 2.52. The van der Waals surface area contributed by atoms with Crippen LogP contribution in [0.25, 0.3) is 0 Å². The molecule has 0 unspecified atom stereocenters. The van der Waals surface area contributed by atoms with Gasteiger partial charge in [-0.1, -0.05) is 38.7 Å². The molecule has 0 aromatic heterocycles. The van der Waals surface area contributed by atoms with Gasteiger partial charge in [-0.2, -0.15) is 27.0 Å². The number of halogens is 3. The monoisotopic (exact) mass is 599 g/mol. The fourth-order valence-corrected chi connectivity index (χ4v) is 7.52. The van der Waals surface area contributed by atoms with Crippen LogP contribution in [0, 0.1) is 17.6 Å². The fraction of sp³-hybridized carbons (Fsp3) is 0.520. The van der Waals surface area contributed by atoms with Crippen LogP contribution >= 0.6 is 38.6 Å². The van der Waals surface area contributed by atoms with E-state index in [9.17, 15) is 12.8 Å². The quantitative estimate of drug-likeness (QED) is 0.273. The topological polar surface area (TPSA) is 69.4 Å². The van der Waals surface area contributed by atoms with Gasteiger partial charge >= 0.3 is 0 Å². The summed E-state index contributed by atoms with van der Waals surface area (Å²) in [6.45, 7) is 7.60. The molecule has 2 aromatic rings. The van der Waals surface area contributed by atoms with E-state index in [2.05, 4.69) is 19.6 Å². The van der Waals surface area contributed by atoms with Gasteiger partial charge in [-0.05, 0) is 73.7 Å². The van der Waals surface area contributed by atoms with Crippen LogP contribution in [0.1, 0.15) is 32.3 Å². The van der Waals surface area contributed by atoms with Crippen LogP contribution in [-0.4, -0.2) is 35.7 Å². The highest BCUT2D eigenvalue weighted by atomic mass is 35.5. The largest absolute Gasteiger partial charge is 0.381 e. The highest BCUT2D eigenvalue weighted by Crippen LogP contribution is 2.49. The predicted molar refractivity (Wildman–Crippen MR) is 158 cm³/mol. The lowest BCUT2D eigenvalue weighted by atomic mass is 9.74. The number of ether oxygens (including phenoxy) is 1. The number of benzene rings is 2. The van der Waals surface area contributed by atoms with E-state index < -0.39 is 34.3 Å². The molecule has 4 nitrogen and oxygen atoms in total. The first-order chi connectivity index (χ1) is 15.4. The van der Waals surface area contributed by atoms with E-state index in [0.29, 0.717) is 18.1 Å². The third kappa shape index (κ3) is 7.94. The number of nitrogens with two attached hydrogens (primary N) is 1. The molecule has 0 bridgehead atoms. The molecule has 1 aliphatic rings. The number of hydrogen-bond donors (Lipinski definition) is 1. The summed E-state index contributed by atoms with van der Waals surface area (Å²) in [4.78, 5) is 0.0180. The summed E-state index contributed by atoms with van der Waals surface area (Å²) in [6, 6.07) is 9.44. The molecular weight excluding hydrogens is 560 g/mol. The van der Waals surface area contributed by atoms with Crippen LogP contribution in [0.4, 0.5) is 8.78 Å². The zero-order valence-corrected chi connectivity index (χ0v) is 24.9. The van der Waals surface area contributed by atoms with Gasteiger partial charge in [0.15, 0.2) is 9.84 Å². The highest BCUT2D eigenvalue weighted by molar-refractivity contribution is 7.92. The van der Waals surface area contributed by atoms with E-state index in [1.807, 2.05) is 0 Å². The maximum Gasteiger partial charge on any atom is 0.188 e. The normalized spacial score (nSPS) is 22.1. The maximum atomic E-state index is 15.1. The average Bonchev–Trinajstić information content (AvgIpc) is 2.74. The van der Waals surface area contributed by atoms with E-state index in [0.717, 1.165) is 24.2 Å². The van der Waals surface area contributed by atoms with Crippen molar-refractivity contribution in [2.24, 2.45) is 11.7 Å². The third-order valence-corrected chi connectivity index (χ3v) is 10.9. The van der Waals surface area contributed by atoms with E-state index in [-0.39, 0.29) is 76.3 Å². The SMILES string of the molecule is C.C[Si](C)(C)CCOC[C@H]1C[C@@](c2cc(F)ccc2F)(S(=O)(=O)c2ccc(Cl)cc2)CC[C@H]1N.S.S. The fourth-order valence-electron chi connectivity index (χ4n) is 4.43.